The van der Waals surface area contributed by atoms with Gasteiger partial charge in [0.05, 0.1) is 16.9 Å². The number of amides is 1. The molecule has 0 saturated carbocycles. The van der Waals surface area contributed by atoms with Crippen LogP contribution in [0.1, 0.15) is 46.7 Å². The first-order valence-corrected chi connectivity index (χ1v) is 11.1. The molecular weight excluding hydrogens is 405 g/mol. The van der Waals surface area contributed by atoms with Crippen molar-refractivity contribution in [3.05, 3.63) is 56.7 Å². The van der Waals surface area contributed by atoms with Gasteiger partial charge in [-0.15, -0.1) is 11.3 Å². The van der Waals surface area contributed by atoms with Gasteiger partial charge < -0.3 is 10.1 Å². The van der Waals surface area contributed by atoms with E-state index in [9.17, 15) is 14.0 Å². The van der Waals surface area contributed by atoms with Crippen molar-refractivity contribution in [2.75, 3.05) is 13.2 Å². The number of rotatable bonds is 6. The molecule has 0 atom stereocenters. The lowest BCUT2D eigenvalue weighted by Crippen LogP contribution is -2.26. The number of benzene rings is 1. The highest BCUT2D eigenvalue weighted by Gasteiger charge is 2.22. The van der Waals surface area contributed by atoms with E-state index >= 15 is 0 Å². The van der Waals surface area contributed by atoms with Gasteiger partial charge in [-0.2, -0.15) is 0 Å². The van der Waals surface area contributed by atoms with E-state index in [4.69, 9.17) is 9.72 Å². The number of thiophene rings is 1. The van der Waals surface area contributed by atoms with Gasteiger partial charge in [0.1, 0.15) is 22.2 Å². The normalized spacial score (nSPS) is 13.7. The van der Waals surface area contributed by atoms with Gasteiger partial charge >= 0.3 is 0 Å². The van der Waals surface area contributed by atoms with Gasteiger partial charge in [-0.3, -0.25) is 14.2 Å². The number of aromatic nitrogens is 2. The molecule has 4 rings (SSSR count). The Hall–Kier alpha value is -2.74. The van der Waals surface area contributed by atoms with E-state index in [0.29, 0.717) is 52.5 Å². The molecule has 2 aromatic heterocycles. The smallest absolute Gasteiger partial charge is 0.262 e. The van der Waals surface area contributed by atoms with Crippen molar-refractivity contribution in [3.63, 3.8) is 0 Å². The first-order valence-electron chi connectivity index (χ1n) is 10.2. The minimum absolute atomic E-state index is 0.0302. The van der Waals surface area contributed by atoms with Crippen LogP contribution in [0.15, 0.2) is 29.1 Å². The number of nitrogens with zero attached hydrogens (tertiary/aromatic N) is 2. The number of halogens is 1. The van der Waals surface area contributed by atoms with Crippen LogP contribution in [0.3, 0.4) is 0 Å². The quantitative estimate of drug-likeness (QED) is 0.605. The summed E-state index contributed by atoms with van der Waals surface area (Å²) in [6.45, 7) is 3.36. The van der Waals surface area contributed by atoms with E-state index in [2.05, 4.69) is 5.32 Å². The lowest BCUT2D eigenvalue weighted by atomic mass is 10.2. The van der Waals surface area contributed by atoms with Crippen molar-refractivity contribution in [1.82, 2.24) is 14.9 Å². The lowest BCUT2D eigenvalue weighted by molar-refractivity contribution is 0.0955. The van der Waals surface area contributed by atoms with E-state index in [1.54, 1.807) is 16.7 Å². The third-order valence-electron chi connectivity index (χ3n) is 5.31. The monoisotopic (exact) mass is 429 g/mol. The van der Waals surface area contributed by atoms with Crippen LogP contribution in [0.4, 0.5) is 4.39 Å². The molecule has 1 aliphatic rings. The van der Waals surface area contributed by atoms with E-state index < -0.39 is 0 Å². The Kier molecular flexibility index (Phi) is 6.13. The average Bonchev–Trinajstić information content (AvgIpc) is 2.90. The molecule has 158 valence electrons. The zero-order valence-corrected chi connectivity index (χ0v) is 17.7. The van der Waals surface area contributed by atoms with Gasteiger partial charge in [-0.1, -0.05) is 6.42 Å². The molecule has 8 heteroatoms. The minimum Gasteiger partial charge on any atom is -0.494 e. The van der Waals surface area contributed by atoms with E-state index in [1.807, 2.05) is 6.92 Å². The average molecular weight is 430 g/mol. The highest BCUT2D eigenvalue weighted by atomic mass is 32.1. The Morgan fingerprint density at radius 2 is 2.07 bits per heavy atom. The molecule has 1 amide bonds. The zero-order valence-electron chi connectivity index (χ0n) is 16.9. The summed E-state index contributed by atoms with van der Waals surface area (Å²) in [6.07, 6.45) is 4.54. The first-order chi connectivity index (χ1) is 14.5. The van der Waals surface area contributed by atoms with Crippen molar-refractivity contribution < 1.29 is 13.9 Å². The van der Waals surface area contributed by atoms with Crippen LogP contribution in [-0.2, 0) is 13.0 Å². The maximum atomic E-state index is 13.0. The summed E-state index contributed by atoms with van der Waals surface area (Å²) in [6, 6.07) is 5.83. The summed E-state index contributed by atoms with van der Waals surface area (Å²) in [5.74, 6) is 0.918. The predicted molar refractivity (Wildman–Crippen MR) is 115 cm³/mol. The van der Waals surface area contributed by atoms with Crippen molar-refractivity contribution in [3.8, 4) is 5.75 Å². The summed E-state index contributed by atoms with van der Waals surface area (Å²) in [4.78, 5) is 31.6. The maximum Gasteiger partial charge on any atom is 0.262 e. The summed E-state index contributed by atoms with van der Waals surface area (Å²) >= 11 is 1.28. The molecule has 3 heterocycles. The number of carbonyl (C=O) groups is 1. The van der Waals surface area contributed by atoms with Crippen LogP contribution in [0.5, 0.6) is 5.75 Å². The molecule has 0 aliphatic carbocycles. The molecule has 0 fully saturated rings. The molecule has 1 aliphatic heterocycles. The summed E-state index contributed by atoms with van der Waals surface area (Å²) in [5.41, 5.74) is 0.671. The maximum absolute atomic E-state index is 13.0. The Morgan fingerprint density at radius 1 is 1.27 bits per heavy atom. The van der Waals surface area contributed by atoms with Crippen LogP contribution >= 0.6 is 11.3 Å². The molecular formula is C22H24FN3O3S. The van der Waals surface area contributed by atoms with Crippen LogP contribution in [-0.4, -0.2) is 28.6 Å². The fourth-order valence-electron chi connectivity index (χ4n) is 3.70. The molecule has 6 nitrogen and oxygen atoms in total. The molecule has 0 bridgehead atoms. The minimum atomic E-state index is -0.307. The molecule has 0 radical (unpaired) electrons. The number of ether oxygens (including phenoxy) is 1. The van der Waals surface area contributed by atoms with Crippen LogP contribution in [0, 0.1) is 12.7 Å². The Bertz CT molecular complexity index is 1120. The third kappa shape index (κ3) is 4.23. The highest BCUT2D eigenvalue weighted by Crippen LogP contribution is 2.28. The number of fused-ring (bicyclic) bond motifs is 2. The molecule has 30 heavy (non-hydrogen) atoms. The van der Waals surface area contributed by atoms with E-state index in [-0.39, 0.29) is 17.3 Å². The molecule has 0 spiro atoms. The second-order valence-electron chi connectivity index (χ2n) is 7.44. The summed E-state index contributed by atoms with van der Waals surface area (Å²) in [5, 5.41) is 3.46. The SMILES string of the molecule is Cc1c(C(=O)NCCCOc2ccc(F)cc2)sc2nc3n(c(=O)c12)CCCCC3. The number of aryl methyl sites for hydroxylation is 2. The van der Waals surface area contributed by atoms with Crippen molar-refractivity contribution >= 4 is 27.5 Å². The number of nitrogens with one attached hydrogen (secondary N) is 1. The number of hydrogen-bond donors (Lipinski definition) is 1. The van der Waals surface area contributed by atoms with Crippen molar-refractivity contribution in [2.45, 2.75) is 45.6 Å². The van der Waals surface area contributed by atoms with Crippen molar-refractivity contribution in [2.24, 2.45) is 0 Å². The van der Waals surface area contributed by atoms with Gasteiger partial charge in [0.2, 0.25) is 0 Å². The number of hydrogen-bond acceptors (Lipinski definition) is 5. The zero-order chi connectivity index (χ0) is 21.1. The number of carbonyl (C=O) groups excluding carboxylic acids is 1. The van der Waals surface area contributed by atoms with Crippen LogP contribution in [0.2, 0.25) is 0 Å². The van der Waals surface area contributed by atoms with Crippen molar-refractivity contribution in [1.29, 1.82) is 0 Å². The topological polar surface area (TPSA) is 73.2 Å². The van der Waals surface area contributed by atoms with Gasteiger partial charge in [-0.25, -0.2) is 9.37 Å². The highest BCUT2D eigenvalue weighted by molar-refractivity contribution is 7.20. The fourth-order valence-corrected chi connectivity index (χ4v) is 4.81. The second kappa shape index (κ2) is 8.95. The molecule has 0 unspecified atom stereocenters. The molecule has 1 N–H and O–H groups in total. The third-order valence-corrected chi connectivity index (χ3v) is 6.49. The largest absolute Gasteiger partial charge is 0.494 e. The second-order valence-corrected chi connectivity index (χ2v) is 8.44. The molecule has 0 saturated heterocycles. The lowest BCUT2D eigenvalue weighted by Gasteiger charge is -2.08. The van der Waals surface area contributed by atoms with E-state index in [1.165, 1.54) is 23.5 Å². The summed E-state index contributed by atoms with van der Waals surface area (Å²) < 4.78 is 20.2. The summed E-state index contributed by atoms with van der Waals surface area (Å²) in [7, 11) is 0. The van der Waals surface area contributed by atoms with Crippen LogP contribution in [0.25, 0.3) is 10.2 Å². The Labute approximate surface area is 177 Å². The molecule has 1 aromatic carbocycles. The molecule has 3 aromatic rings. The van der Waals surface area contributed by atoms with Gasteiger partial charge in [0, 0.05) is 19.5 Å². The van der Waals surface area contributed by atoms with Gasteiger partial charge in [0.25, 0.3) is 11.5 Å². The van der Waals surface area contributed by atoms with E-state index in [0.717, 1.165) is 31.5 Å². The fraction of sp³-hybridized carbons (Fsp3) is 0.409. The first kappa shape index (κ1) is 20.5. The Balaban J connectivity index is 1.41. The predicted octanol–water partition coefficient (Wildman–Crippen LogP) is 3.83. The van der Waals surface area contributed by atoms with Gasteiger partial charge in [0.15, 0.2) is 0 Å². The standard InChI is InChI=1S/C22H24FN3O3S/c1-14-18-21(25-17-6-3-2-4-12-26(17)22(18)28)30-19(14)20(27)24-11-5-13-29-16-9-7-15(23)8-10-16/h7-10H,2-6,11-13H2,1H3,(H,24,27). The van der Waals surface area contributed by atoms with Gasteiger partial charge in [-0.05, 0) is 56.0 Å². The van der Waals surface area contributed by atoms with Crippen LogP contribution < -0.4 is 15.6 Å². The Morgan fingerprint density at radius 3 is 2.87 bits per heavy atom.